The summed E-state index contributed by atoms with van der Waals surface area (Å²) in [6.45, 7) is 2.14. The first-order valence-electron chi connectivity index (χ1n) is 7.32. The molecule has 0 aromatic carbocycles. The molecule has 0 radical (unpaired) electrons. The van der Waals surface area contributed by atoms with Crippen molar-refractivity contribution in [2.24, 2.45) is 0 Å². The molecule has 4 aliphatic rings. The Morgan fingerprint density at radius 2 is 2.06 bits per heavy atom. The van der Waals surface area contributed by atoms with Crippen LogP contribution >= 0.6 is 0 Å². The first-order chi connectivity index (χ1) is 8.84. The Morgan fingerprint density at radius 3 is 3.00 bits per heavy atom. The van der Waals surface area contributed by atoms with Gasteiger partial charge in [0, 0.05) is 25.1 Å². The normalized spacial score (nSPS) is 31.0. The van der Waals surface area contributed by atoms with Crippen LogP contribution in [0.15, 0.2) is 22.5 Å². The zero-order valence-corrected chi connectivity index (χ0v) is 10.8. The van der Waals surface area contributed by atoms with E-state index in [-0.39, 0.29) is 0 Å². The van der Waals surface area contributed by atoms with Crippen LogP contribution in [0.4, 0.5) is 0 Å². The van der Waals surface area contributed by atoms with Crippen molar-refractivity contribution < 1.29 is 4.79 Å². The van der Waals surface area contributed by atoms with E-state index in [1.165, 1.54) is 31.5 Å². The summed E-state index contributed by atoms with van der Waals surface area (Å²) in [6.07, 6.45) is 7.87. The quantitative estimate of drug-likeness (QED) is 0.662. The van der Waals surface area contributed by atoms with Gasteiger partial charge in [-0.25, -0.2) is 0 Å². The molecule has 0 saturated heterocycles. The fourth-order valence-electron chi connectivity index (χ4n) is 4.16. The van der Waals surface area contributed by atoms with Gasteiger partial charge in [-0.2, -0.15) is 0 Å². The SMILES string of the molecule is O=C1CC2C3=C(CCC3)CCN2C2=C1CCCN2. The molecule has 0 aromatic rings. The standard InChI is InChI=1S/C15H20N2O/c18-14-9-13-11-4-1-3-10(11)6-8-17(13)15-12(14)5-2-7-16-15/h13,16H,1-9H2. The maximum absolute atomic E-state index is 12.3. The average Bonchev–Trinajstić information content (AvgIpc) is 2.88. The maximum atomic E-state index is 12.3. The molecule has 1 unspecified atom stereocenters. The summed E-state index contributed by atoms with van der Waals surface area (Å²) in [5.74, 6) is 1.58. The molecule has 0 fully saturated rings. The fourth-order valence-corrected chi connectivity index (χ4v) is 4.16. The second kappa shape index (κ2) is 3.87. The Hall–Kier alpha value is -1.25. The molecule has 0 aromatic heterocycles. The van der Waals surface area contributed by atoms with E-state index in [4.69, 9.17) is 0 Å². The first kappa shape index (κ1) is 10.7. The topological polar surface area (TPSA) is 32.3 Å². The monoisotopic (exact) mass is 244 g/mol. The molecule has 4 rings (SSSR count). The summed E-state index contributed by atoms with van der Waals surface area (Å²) >= 11 is 0. The van der Waals surface area contributed by atoms with Crippen molar-refractivity contribution >= 4 is 5.78 Å². The lowest BCUT2D eigenvalue weighted by atomic mass is 9.84. The van der Waals surface area contributed by atoms with E-state index >= 15 is 0 Å². The molecule has 0 bridgehead atoms. The van der Waals surface area contributed by atoms with Crippen molar-refractivity contribution in [1.29, 1.82) is 0 Å². The van der Waals surface area contributed by atoms with E-state index in [9.17, 15) is 4.79 Å². The third-order valence-electron chi connectivity index (χ3n) is 5.00. The van der Waals surface area contributed by atoms with Crippen molar-refractivity contribution in [2.75, 3.05) is 13.1 Å². The number of hydrogen-bond acceptors (Lipinski definition) is 3. The summed E-state index contributed by atoms with van der Waals surface area (Å²) in [6, 6.07) is 0.396. The summed E-state index contributed by atoms with van der Waals surface area (Å²) in [5.41, 5.74) is 4.36. The third kappa shape index (κ3) is 1.39. The highest BCUT2D eigenvalue weighted by atomic mass is 16.1. The molecule has 1 aliphatic carbocycles. The van der Waals surface area contributed by atoms with E-state index in [1.54, 1.807) is 11.1 Å². The highest BCUT2D eigenvalue weighted by Gasteiger charge is 2.40. The number of carbonyl (C=O) groups is 1. The van der Waals surface area contributed by atoms with Crippen molar-refractivity contribution in [3.8, 4) is 0 Å². The Kier molecular flexibility index (Phi) is 2.29. The second-order valence-electron chi connectivity index (χ2n) is 5.93. The van der Waals surface area contributed by atoms with E-state index in [2.05, 4.69) is 10.2 Å². The number of ketones is 1. The average molecular weight is 244 g/mol. The minimum absolute atomic E-state index is 0.396. The smallest absolute Gasteiger partial charge is 0.164 e. The lowest BCUT2D eigenvalue weighted by Gasteiger charge is -2.45. The fraction of sp³-hybridized carbons (Fsp3) is 0.667. The Balaban J connectivity index is 1.76. The van der Waals surface area contributed by atoms with Gasteiger partial charge in [0.2, 0.25) is 0 Å². The van der Waals surface area contributed by atoms with Crippen LogP contribution in [-0.2, 0) is 4.79 Å². The molecule has 0 spiro atoms. The molecule has 0 saturated carbocycles. The lowest BCUT2D eigenvalue weighted by Crippen LogP contribution is -2.50. The molecular weight excluding hydrogens is 224 g/mol. The zero-order valence-electron chi connectivity index (χ0n) is 10.8. The number of allylic oxidation sites excluding steroid dienone is 1. The molecule has 1 N–H and O–H groups in total. The minimum atomic E-state index is 0.396. The van der Waals surface area contributed by atoms with Gasteiger partial charge in [0.1, 0.15) is 5.82 Å². The summed E-state index contributed by atoms with van der Waals surface area (Å²) in [7, 11) is 0. The predicted octanol–water partition coefficient (Wildman–Crippen LogP) is 2.11. The number of Topliss-reactive ketones (excluding diaryl/α,β-unsaturated/α-hetero) is 1. The van der Waals surface area contributed by atoms with Gasteiger partial charge >= 0.3 is 0 Å². The van der Waals surface area contributed by atoms with Crippen LogP contribution in [0.5, 0.6) is 0 Å². The van der Waals surface area contributed by atoms with Gasteiger partial charge in [0.15, 0.2) is 5.78 Å². The van der Waals surface area contributed by atoms with Crippen LogP contribution in [0, 0.1) is 0 Å². The number of nitrogens with one attached hydrogen (secondary N) is 1. The summed E-state index contributed by atoms with van der Waals surface area (Å²) in [4.78, 5) is 14.8. The predicted molar refractivity (Wildman–Crippen MR) is 69.9 cm³/mol. The Bertz CT molecular complexity index is 475. The highest BCUT2D eigenvalue weighted by Crippen LogP contribution is 2.42. The minimum Gasteiger partial charge on any atom is -0.371 e. The number of fused-ring (bicyclic) bond motifs is 3. The first-order valence-corrected chi connectivity index (χ1v) is 7.32. The molecule has 96 valence electrons. The van der Waals surface area contributed by atoms with Crippen LogP contribution in [0.2, 0.25) is 0 Å². The molecule has 3 nitrogen and oxygen atoms in total. The highest BCUT2D eigenvalue weighted by molar-refractivity contribution is 5.97. The van der Waals surface area contributed by atoms with Gasteiger partial charge in [0.25, 0.3) is 0 Å². The van der Waals surface area contributed by atoms with Gasteiger partial charge < -0.3 is 10.2 Å². The zero-order chi connectivity index (χ0) is 12.1. The van der Waals surface area contributed by atoms with E-state index in [1.807, 2.05) is 0 Å². The molecule has 18 heavy (non-hydrogen) atoms. The van der Waals surface area contributed by atoms with Crippen molar-refractivity contribution in [3.63, 3.8) is 0 Å². The Morgan fingerprint density at radius 1 is 1.11 bits per heavy atom. The van der Waals surface area contributed by atoms with Crippen molar-refractivity contribution in [1.82, 2.24) is 10.2 Å². The number of carbonyl (C=O) groups excluding carboxylic acids is 1. The van der Waals surface area contributed by atoms with Crippen LogP contribution < -0.4 is 5.32 Å². The van der Waals surface area contributed by atoms with Gasteiger partial charge in [-0.05, 0) is 44.1 Å². The number of hydrogen-bond donors (Lipinski definition) is 1. The lowest BCUT2D eigenvalue weighted by molar-refractivity contribution is -0.118. The molecule has 0 amide bonds. The number of nitrogens with zero attached hydrogens (tertiary/aromatic N) is 1. The maximum Gasteiger partial charge on any atom is 0.164 e. The van der Waals surface area contributed by atoms with E-state index < -0.39 is 0 Å². The second-order valence-corrected chi connectivity index (χ2v) is 5.93. The largest absolute Gasteiger partial charge is 0.371 e. The molecule has 3 aliphatic heterocycles. The molecule has 3 heteroatoms. The number of rotatable bonds is 0. The third-order valence-corrected chi connectivity index (χ3v) is 5.00. The van der Waals surface area contributed by atoms with Gasteiger partial charge in [-0.15, -0.1) is 0 Å². The molecular formula is C15H20N2O. The van der Waals surface area contributed by atoms with Gasteiger partial charge in [0.05, 0.1) is 6.04 Å². The van der Waals surface area contributed by atoms with Gasteiger partial charge in [-0.1, -0.05) is 5.57 Å². The van der Waals surface area contributed by atoms with E-state index in [0.717, 1.165) is 37.9 Å². The Labute approximate surface area is 108 Å². The molecule has 3 heterocycles. The van der Waals surface area contributed by atoms with Crippen molar-refractivity contribution in [3.05, 3.63) is 22.5 Å². The van der Waals surface area contributed by atoms with Crippen molar-refractivity contribution in [2.45, 2.75) is 51.0 Å². The molecule has 1 atom stereocenters. The van der Waals surface area contributed by atoms with Crippen LogP contribution in [0.3, 0.4) is 0 Å². The van der Waals surface area contributed by atoms with Crippen LogP contribution in [0.25, 0.3) is 0 Å². The van der Waals surface area contributed by atoms with E-state index in [0.29, 0.717) is 11.8 Å². The van der Waals surface area contributed by atoms with Gasteiger partial charge in [-0.3, -0.25) is 4.79 Å². The summed E-state index contributed by atoms with van der Waals surface area (Å²) < 4.78 is 0. The van der Waals surface area contributed by atoms with Crippen LogP contribution in [0.1, 0.15) is 44.9 Å². The summed E-state index contributed by atoms with van der Waals surface area (Å²) in [5, 5.41) is 3.49. The van der Waals surface area contributed by atoms with Crippen LogP contribution in [-0.4, -0.2) is 29.8 Å².